The average Bonchev–Trinajstić information content (AvgIpc) is 2.68. The Balaban J connectivity index is 2.08. The van der Waals surface area contributed by atoms with Gasteiger partial charge < -0.3 is 10.5 Å². The van der Waals surface area contributed by atoms with E-state index in [9.17, 15) is 0 Å². The van der Waals surface area contributed by atoms with Gasteiger partial charge in [0.1, 0.15) is 0 Å². The van der Waals surface area contributed by atoms with Crippen LogP contribution in [-0.4, -0.2) is 29.5 Å². The molecule has 4 nitrogen and oxygen atoms in total. The van der Waals surface area contributed by atoms with Gasteiger partial charge in [0.25, 0.3) is 0 Å². The van der Waals surface area contributed by atoms with E-state index in [1.54, 1.807) is 0 Å². The zero-order valence-corrected chi connectivity index (χ0v) is 9.22. The fourth-order valence-corrected chi connectivity index (χ4v) is 2.35. The third-order valence-electron chi connectivity index (χ3n) is 3.24. The molecule has 1 unspecified atom stereocenters. The van der Waals surface area contributed by atoms with Crippen LogP contribution in [0.3, 0.4) is 0 Å². The molecule has 0 spiro atoms. The molecule has 1 aromatic rings. The summed E-state index contributed by atoms with van der Waals surface area (Å²) in [4.78, 5) is 0. The topological polar surface area (TPSA) is 53.1 Å². The van der Waals surface area contributed by atoms with E-state index in [-0.39, 0.29) is 0 Å². The Bertz CT molecular complexity index is 305. The van der Waals surface area contributed by atoms with E-state index in [1.807, 2.05) is 17.9 Å². The van der Waals surface area contributed by atoms with E-state index in [0.717, 1.165) is 26.1 Å². The predicted octanol–water partition coefficient (Wildman–Crippen LogP) is 0.889. The highest BCUT2D eigenvalue weighted by Gasteiger charge is 2.25. The molecule has 1 aliphatic heterocycles. The maximum absolute atomic E-state index is 5.87. The summed E-state index contributed by atoms with van der Waals surface area (Å²) in [7, 11) is 1.95. The first kappa shape index (κ1) is 10.6. The van der Waals surface area contributed by atoms with Gasteiger partial charge in [0.05, 0.1) is 6.20 Å². The van der Waals surface area contributed by atoms with Crippen molar-refractivity contribution in [2.24, 2.45) is 18.7 Å². The minimum atomic E-state index is 0.447. The van der Waals surface area contributed by atoms with Crippen molar-refractivity contribution in [2.45, 2.75) is 18.8 Å². The van der Waals surface area contributed by atoms with E-state index in [4.69, 9.17) is 10.5 Å². The van der Waals surface area contributed by atoms with E-state index < -0.39 is 0 Å². The van der Waals surface area contributed by atoms with Crippen molar-refractivity contribution in [2.75, 3.05) is 19.8 Å². The first-order valence-corrected chi connectivity index (χ1v) is 5.57. The highest BCUT2D eigenvalue weighted by Crippen LogP contribution is 2.30. The lowest BCUT2D eigenvalue weighted by Gasteiger charge is -2.28. The van der Waals surface area contributed by atoms with Crippen LogP contribution in [0.1, 0.15) is 24.3 Å². The van der Waals surface area contributed by atoms with E-state index in [2.05, 4.69) is 11.3 Å². The molecule has 15 heavy (non-hydrogen) atoms. The van der Waals surface area contributed by atoms with Crippen LogP contribution < -0.4 is 5.73 Å². The quantitative estimate of drug-likeness (QED) is 0.804. The third kappa shape index (κ3) is 2.38. The van der Waals surface area contributed by atoms with Crippen LogP contribution in [0.25, 0.3) is 0 Å². The molecule has 4 heteroatoms. The van der Waals surface area contributed by atoms with Crippen molar-refractivity contribution < 1.29 is 4.74 Å². The van der Waals surface area contributed by atoms with Crippen LogP contribution in [0.5, 0.6) is 0 Å². The zero-order chi connectivity index (χ0) is 10.7. The zero-order valence-electron chi connectivity index (χ0n) is 9.22. The lowest BCUT2D eigenvalue weighted by molar-refractivity contribution is 0.0586. The smallest absolute Gasteiger partial charge is 0.0525 e. The van der Waals surface area contributed by atoms with Crippen LogP contribution in [0.4, 0.5) is 0 Å². The molecule has 0 bridgehead atoms. The molecule has 0 aliphatic carbocycles. The molecule has 0 radical (unpaired) electrons. The molecule has 0 aromatic carbocycles. The predicted molar refractivity (Wildman–Crippen MR) is 58.5 cm³/mol. The fourth-order valence-electron chi connectivity index (χ4n) is 2.35. The maximum Gasteiger partial charge on any atom is 0.0525 e. The number of aryl methyl sites for hydroxylation is 1. The second-order valence-electron chi connectivity index (χ2n) is 4.24. The Morgan fingerprint density at radius 3 is 2.87 bits per heavy atom. The molecule has 1 atom stereocenters. The number of aromatic nitrogens is 2. The number of hydrogen-bond donors (Lipinski definition) is 1. The van der Waals surface area contributed by atoms with E-state index in [1.165, 1.54) is 5.56 Å². The molecule has 1 aromatic heterocycles. The molecule has 2 N–H and O–H groups in total. The van der Waals surface area contributed by atoms with Gasteiger partial charge in [0.2, 0.25) is 0 Å². The van der Waals surface area contributed by atoms with Crippen LogP contribution in [0.15, 0.2) is 12.4 Å². The molecule has 1 saturated heterocycles. The number of nitrogens with two attached hydrogens (primary N) is 1. The van der Waals surface area contributed by atoms with E-state index >= 15 is 0 Å². The van der Waals surface area contributed by atoms with E-state index in [0.29, 0.717) is 18.4 Å². The van der Waals surface area contributed by atoms with Crippen LogP contribution in [-0.2, 0) is 11.8 Å². The third-order valence-corrected chi connectivity index (χ3v) is 3.24. The summed E-state index contributed by atoms with van der Waals surface area (Å²) in [6, 6.07) is 0. The van der Waals surface area contributed by atoms with Crippen molar-refractivity contribution in [1.29, 1.82) is 0 Å². The minimum absolute atomic E-state index is 0.447. The Labute approximate surface area is 90.4 Å². The summed E-state index contributed by atoms with van der Waals surface area (Å²) in [6.07, 6.45) is 6.26. The van der Waals surface area contributed by atoms with Crippen molar-refractivity contribution in [3.05, 3.63) is 18.0 Å². The van der Waals surface area contributed by atoms with Gasteiger partial charge in [0, 0.05) is 32.4 Å². The minimum Gasteiger partial charge on any atom is -0.381 e. The number of rotatable bonds is 3. The maximum atomic E-state index is 5.87. The molecule has 2 rings (SSSR count). The Morgan fingerprint density at radius 2 is 2.33 bits per heavy atom. The van der Waals surface area contributed by atoms with Gasteiger partial charge in [-0.05, 0) is 30.9 Å². The highest BCUT2D eigenvalue weighted by molar-refractivity contribution is 5.13. The molecule has 2 heterocycles. The summed E-state index contributed by atoms with van der Waals surface area (Å²) in [5.74, 6) is 1.11. The molecule has 0 saturated carbocycles. The monoisotopic (exact) mass is 209 g/mol. The van der Waals surface area contributed by atoms with Crippen molar-refractivity contribution >= 4 is 0 Å². The lowest BCUT2D eigenvalue weighted by atomic mass is 9.82. The van der Waals surface area contributed by atoms with Crippen LogP contribution >= 0.6 is 0 Å². The molecular formula is C11H19N3O. The normalized spacial score (nSPS) is 20.4. The Morgan fingerprint density at radius 1 is 1.60 bits per heavy atom. The van der Waals surface area contributed by atoms with Gasteiger partial charge in [0.15, 0.2) is 0 Å². The summed E-state index contributed by atoms with van der Waals surface area (Å²) in [5, 5.41) is 4.21. The Hall–Kier alpha value is -0.870. The summed E-state index contributed by atoms with van der Waals surface area (Å²) in [5.41, 5.74) is 7.14. The van der Waals surface area contributed by atoms with Crippen LogP contribution in [0, 0.1) is 5.92 Å². The first-order valence-electron chi connectivity index (χ1n) is 5.57. The summed E-state index contributed by atoms with van der Waals surface area (Å²) < 4.78 is 7.22. The molecule has 1 aliphatic rings. The summed E-state index contributed by atoms with van der Waals surface area (Å²) in [6.45, 7) is 2.46. The average molecular weight is 209 g/mol. The standard InChI is InChI=1S/C11H19N3O/c1-14-8-10(7-13-14)11(6-12)9-2-4-15-5-3-9/h7-9,11H,2-6,12H2,1H3. The van der Waals surface area contributed by atoms with Gasteiger partial charge in [-0.15, -0.1) is 0 Å². The second-order valence-corrected chi connectivity index (χ2v) is 4.24. The fraction of sp³-hybridized carbons (Fsp3) is 0.727. The second kappa shape index (κ2) is 4.77. The van der Waals surface area contributed by atoms with Crippen molar-refractivity contribution in [1.82, 2.24) is 9.78 Å². The molecule has 0 amide bonds. The Kier molecular flexibility index (Phi) is 3.38. The largest absolute Gasteiger partial charge is 0.381 e. The summed E-state index contributed by atoms with van der Waals surface area (Å²) >= 11 is 0. The van der Waals surface area contributed by atoms with Crippen molar-refractivity contribution in [3.8, 4) is 0 Å². The van der Waals surface area contributed by atoms with Gasteiger partial charge in [-0.25, -0.2) is 0 Å². The van der Waals surface area contributed by atoms with Gasteiger partial charge in [-0.1, -0.05) is 0 Å². The lowest BCUT2D eigenvalue weighted by Crippen LogP contribution is -2.26. The highest BCUT2D eigenvalue weighted by atomic mass is 16.5. The van der Waals surface area contributed by atoms with Gasteiger partial charge in [-0.3, -0.25) is 4.68 Å². The first-order chi connectivity index (χ1) is 7.31. The molecule has 84 valence electrons. The number of hydrogen-bond acceptors (Lipinski definition) is 3. The number of ether oxygens (including phenoxy) is 1. The van der Waals surface area contributed by atoms with Gasteiger partial charge in [-0.2, -0.15) is 5.10 Å². The number of nitrogens with zero attached hydrogens (tertiary/aromatic N) is 2. The SMILES string of the molecule is Cn1cc(C(CN)C2CCOCC2)cn1. The van der Waals surface area contributed by atoms with Crippen LogP contribution in [0.2, 0.25) is 0 Å². The van der Waals surface area contributed by atoms with Crippen molar-refractivity contribution in [3.63, 3.8) is 0 Å². The van der Waals surface area contributed by atoms with Gasteiger partial charge >= 0.3 is 0 Å². The molecule has 1 fully saturated rings. The molecular weight excluding hydrogens is 190 g/mol.